The van der Waals surface area contributed by atoms with Gasteiger partial charge in [-0.1, -0.05) is 25.9 Å². The molecular formula is C16H22N4O2. The Morgan fingerprint density at radius 1 is 1.45 bits per heavy atom. The summed E-state index contributed by atoms with van der Waals surface area (Å²) in [5, 5.41) is 11.3. The molecular weight excluding hydrogens is 280 g/mol. The van der Waals surface area contributed by atoms with Crippen molar-refractivity contribution < 1.29 is 9.32 Å². The molecule has 3 rings (SSSR count). The van der Waals surface area contributed by atoms with E-state index in [0.29, 0.717) is 11.3 Å². The molecule has 2 aromatic rings. The quantitative estimate of drug-likeness (QED) is 0.887. The molecule has 6 nitrogen and oxygen atoms in total. The Kier molecular flexibility index (Phi) is 3.87. The monoisotopic (exact) mass is 302 g/mol. The lowest BCUT2D eigenvalue weighted by Gasteiger charge is -2.23. The highest BCUT2D eigenvalue weighted by Crippen LogP contribution is 2.28. The van der Waals surface area contributed by atoms with Crippen LogP contribution >= 0.6 is 0 Å². The third-order valence-electron chi connectivity index (χ3n) is 3.93. The Hall–Kier alpha value is -1.95. The first-order valence-corrected chi connectivity index (χ1v) is 7.72. The van der Waals surface area contributed by atoms with Gasteiger partial charge in [-0.05, 0) is 25.5 Å². The Bertz CT molecular complexity index is 681. The standard InChI is InChI=1S/C16H22N4O2/c1-16(2,3)13-12-7-10(8-18-15(12)22-20-13)14(21)19-11-5-4-6-17-9-11/h7-8,11,17H,4-6,9H2,1-3H3,(H,19,21)/t11-/m0/s1. The van der Waals surface area contributed by atoms with E-state index in [2.05, 4.69) is 41.5 Å². The van der Waals surface area contributed by atoms with Gasteiger partial charge in [0.25, 0.3) is 11.6 Å². The normalized spacial score (nSPS) is 19.3. The molecule has 1 aliphatic heterocycles. The van der Waals surface area contributed by atoms with Gasteiger partial charge in [0.2, 0.25) is 0 Å². The van der Waals surface area contributed by atoms with Gasteiger partial charge in [0.1, 0.15) is 0 Å². The molecule has 2 N–H and O–H groups in total. The second kappa shape index (κ2) is 5.68. The fourth-order valence-corrected chi connectivity index (χ4v) is 2.74. The van der Waals surface area contributed by atoms with Crippen molar-refractivity contribution in [1.82, 2.24) is 20.8 Å². The zero-order chi connectivity index (χ0) is 15.7. The van der Waals surface area contributed by atoms with Crippen LogP contribution in [0.25, 0.3) is 11.1 Å². The first-order chi connectivity index (χ1) is 10.4. The van der Waals surface area contributed by atoms with Crippen LogP contribution in [0.3, 0.4) is 0 Å². The second-order valence-electron chi connectivity index (χ2n) is 6.87. The summed E-state index contributed by atoms with van der Waals surface area (Å²) in [6, 6.07) is 2.01. The number of pyridine rings is 1. The molecule has 1 aliphatic rings. The van der Waals surface area contributed by atoms with E-state index in [-0.39, 0.29) is 17.4 Å². The Morgan fingerprint density at radius 2 is 2.27 bits per heavy atom. The van der Waals surface area contributed by atoms with Crippen molar-refractivity contribution in [2.75, 3.05) is 13.1 Å². The number of fused-ring (bicyclic) bond motifs is 1. The molecule has 118 valence electrons. The average Bonchev–Trinajstić information content (AvgIpc) is 2.91. The summed E-state index contributed by atoms with van der Waals surface area (Å²) < 4.78 is 5.26. The van der Waals surface area contributed by atoms with Gasteiger partial charge in [-0.25, -0.2) is 4.98 Å². The van der Waals surface area contributed by atoms with Crippen molar-refractivity contribution >= 4 is 17.0 Å². The molecule has 6 heteroatoms. The van der Waals surface area contributed by atoms with Gasteiger partial charge in [-0.15, -0.1) is 0 Å². The summed E-state index contributed by atoms with van der Waals surface area (Å²) in [6.45, 7) is 8.03. The van der Waals surface area contributed by atoms with Crippen LogP contribution in [0.5, 0.6) is 0 Å². The van der Waals surface area contributed by atoms with Crippen LogP contribution in [0.2, 0.25) is 0 Å². The van der Waals surface area contributed by atoms with E-state index in [1.807, 2.05) is 6.07 Å². The van der Waals surface area contributed by atoms with Gasteiger partial charge in [0, 0.05) is 24.2 Å². The van der Waals surface area contributed by atoms with Crippen molar-refractivity contribution in [2.45, 2.75) is 45.1 Å². The molecule has 1 saturated heterocycles. The van der Waals surface area contributed by atoms with Crippen molar-refractivity contribution in [1.29, 1.82) is 0 Å². The fraction of sp³-hybridized carbons (Fsp3) is 0.562. The molecule has 0 spiro atoms. The van der Waals surface area contributed by atoms with Gasteiger partial charge in [0.15, 0.2) is 0 Å². The number of nitrogens with one attached hydrogen (secondary N) is 2. The van der Waals surface area contributed by atoms with E-state index in [1.54, 1.807) is 6.20 Å². The van der Waals surface area contributed by atoms with Gasteiger partial charge < -0.3 is 15.2 Å². The molecule has 0 aliphatic carbocycles. The molecule has 0 saturated carbocycles. The summed E-state index contributed by atoms with van der Waals surface area (Å²) in [6.07, 6.45) is 3.64. The zero-order valence-electron chi connectivity index (χ0n) is 13.3. The maximum Gasteiger partial charge on any atom is 0.257 e. The maximum absolute atomic E-state index is 12.4. The van der Waals surface area contributed by atoms with Crippen molar-refractivity contribution in [2.24, 2.45) is 0 Å². The lowest BCUT2D eigenvalue weighted by Crippen LogP contribution is -2.45. The molecule has 1 amide bonds. The van der Waals surface area contributed by atoms with Crippen molar-refractivity contribution in [3.8, 4) is 0 Å². The summed E-state index contributed by atoms with van der Waals surface area (Å²) in [5.74, 6) is -0.0934. The topological polar surface area (TPSA) is 80.0 Å². The predicted molar refractivity (Wildman–Crippen MR) is 83.9 cm³/mol. The number of rotatable bonds is 2. The van der Waals surface area contributed by atoms with Gasteiger partial charge >= 0.3 is 0 Å². The SMILES string of the molecule is CC(C)(C)c1noc2ncc(C(=O)N[C@H]3CCCNC3)cc12. The molecule has 0 bridgehead atoms. The molecule has 2 aromatic heterocycles. The summed E-state index contributed by atoms with van der Waals surface area (Å²) in [4.78, 5) is 16.6. The van der Waals surface area contributed by atoms with E-state index in [4.69, 9.17) is 4.52 Å². The Morgan fingerprint density at radius 3 is 2.95 bits per heavy atom. The smallest absolute Gasteiger partial charge is 0.257 e. The molecule has 0 aromatic carbocycles. The maximum atomic E-state index is 12.4. The molecule has 1 fully saturated rings. The predicted octanol–water partition coefficient (Wildman–Crippen LogP) is 2.00. The van der Waals surface area contributed by atoms with Gasteiger partial charge in [0.05, 0.1) is 16.6 Å². The van der Waals surface area contributed by atoms with Crippen LogP contribution in [-0.2, 0) is 5.41 Å². The Balaban J connectivity index is 1.85. The van der Waals surface area contributed by atoms with Crippen LogP contribution in [0.15, 0.2) is 16.8 Å². The number of carbonyl (C=O) groups excluding carboxylic acids is 1. The largest absolute Gasteiger partial charge is 0.348 e. The minimum Gasteiger partial charge on any atom is -0.348 e. The summed E-state index contributed by atoms with van der Waals surface area (Å²) in [5.41, 5.74) is 1.69. The Labute approximate surface area is 129 Å². The summed E-state index contributed by atoms with van der Waals surface area (Å²) >= 11 is 0. The molecule has 1 atom stereocenters. The average molecular weight is 302 g/mol. The fourth-order valence-electron chi connectivity index (χ4n) is 2.74. The first-order valence-electron chi connectivity index (χ1n) is 7.72. The zero-order valence-corrected chi connectivity index (χ0v) is 13.3. The van der Waals surface area contributed by atoms with E-state index in [1.165, 1.54) is 0 Å². The number of piperidine rings is 1. The minimum absolute atomic E-state index is 0.0934. The molecule has 3 heterocycles. The molecule has 0 unspecified atom stereocenters. The van der Waals surface area contributed by atoms with E-state index in [0.717, 1.165) is 37.0 Å². The summed E-state index contributed by atoms with van der Waals surface area (Å²) in [7, 11) is 0. The lowest BCUT2D eigenvalue weighted by molar-refractivity contribution is 0.0930. The van der Waals surface area contributed by atoms with E-state index < -0.39 is 0 Å². The van der Waals surface area contributed by atoms with E-state index >= 15 is 0 Å². The van der Waals surface area contributed by atoms with Crippen LogP contribution < -0.4 is 10.6 Å². The highest BCUT2D eigenvalue weighted by molar-refractivity contribution is 5.97. The second-order valence-corrected chi connectivity index (χ2v) is 6.87. The number of hydrogen-bond donors (Lipinski definition) is 2. The highest BCUT2D eigenvalue weighted by atomic mass is 16.5. The van der Waals surface area contributed by atoms with Crippen LogP contribution in [0, 0.1) is 0 Å². The van der Waals surface area contributed by atoms with Crippen LogP contribution in [-0.4, -0.2) is 35.2 Å². The third-order valence-corrected chi connectivity index (χ3v) is 3.93. The number of nitrogens with zero attached hydrogens (tertiary/aromatic N) is 2. The van der Waals surface area contributed by atoms with Crippen molar-refractivity contribution in [3.05, 3.63) is 23.5 Å². The molecule has 22 heavy (non-hydrogen) atoms. The third kappa shape index (κ3) is 2.97. The van der Waals surface area contributed by atoms with Crippen LogP contribution in [0.1, 0.15) is 49.7 Å². The van der Waals surface area contributed by atoms with Gasteiger partial charge in [-0.2, -0.15) is 0 Å². The number of aromatic nitrogens is 2. The lowest BCUT2D eigenvalue weighted by atomic mass is 9.90. The van der Waals surface area contributed by atoms with Gasteiger partial charge in [-0.3, -0.25) is 4.79 Å². The van der Waals surface area contributed by atoms with E-state index in [9.17, 15) is 4.79 Å². The van der Waals surface area contributed by atoms with Crippen LogP contribution in [0.4, 0.5) is 0 Å². The van der Waals surface area contributed by atoms with Crippen molar-refractivity contribution in [3.63, 3.8) is 0 Å². The minimum atomic E-state index is -0.157. The molecule has 0 radical (unpaired) electrons. The first kappa shape index (κ1) is 15.0. The number of carbonyl (C=O) groups is 1. The number of hydrogen-bond acceptors (Lipinski definition) is 5. The number of amides is 1. The highest BCUT2D eigenvalue weighted by Gasteiger charge is 2.24.